The Morgan fingerprint density at radius 2 is 1.80 bits per heavy atom. The van der Waals surface area contributed by atoms with Crippen molar-refractivity contribution < 1.29 is 13.2 Å². The lowest BCUT2D eigenvalue weighted by atomic mass is 9.75. The number of hydrogen-bond acceptors (Lipinski definition) is 1. The number of rotatable bonds is 2. The van der Waals surface area contributed by atoms with E-state index in [0.29, 0.717) is 11.1 Å². The summed E-state index contributed by atoms with van der Waals surface area (Å²) in [5.74, 6) is 0. The van der Waals surface area contributed by atoms with Gasteiger partial charge in [-0.25, -0.2) is 0 Å². The van der Waals surface area contributed by atoms with Gasteiger partial charge < -0.3 is 5.32 Å². The van der Waals surface area contributed by atoms with Crippen LogP contribution in [0.15, 0.2) is 18.2 Å². The fraction of sp³-hybridized carbons (Fsp3) is 0.600. The van der Waals surface area contributed by atoms with Crippen LogP contribution in [0.4, 0.5) is 18.9 Å². The molecule has 1 aromatic carbocycles. The number of anilines is 1. The molecule has 1 fully saturated rings. The van der Waals surface area contributed by atoms with Crippen LogP contribution in [0.25, 0.3) is 0 Å². The van der Waals surface area contributed by atoms with Crippen molar-refractivity contribution in [2.75, 3.05) is 5.32 Å². The van der Waals surface area contributed by atoms with E-state index in [1.165, 1.54) is 6.07 Å². The molecule has 1 saturated carbocycles. The van der Waals surface area contributed by atoms with E-state index in [-0.39, 0.29) is 11.1 Å². The molecule has 5 heteroatoms. The number of nitrogens with one attached hydrogen (secondary N) is 1. The Balaban J connectivity index is 2.04. The molecule has 1 nitrogen and oxygen atoms in total. The molecule has 20 heavy (non-hydrogen) atoms. The minimum Gasteiger partial charge on any atom is -0.381 e. The predicted octanol–water partition coefficient (Wildman–Crippen LogP) is 5.74. The molecule has 2 rings (SSSR count). The topological polar surface area (TPSA) is 12.0 Å². The summed E-state index contributed by atoms with van der Waals surface area (Å²) in [6.45, 7) is 4.49. The van der Waals surface area contributed by atoms with Crippen LogP contribution in [0, 0.1) is 5.41 Å². The third-order valence-corrected chi connectivity index (χ3v) is 4.31. The first-order chi connectivity index (χ1) is 9.17. The molecule has 112 valence electrons. The third kappa shape index (κ3) is 3.81. The molecular weight excluding hydrogens is 287 g/mol. The van der Waals surface area contributed by atoms with Crippen LogP contribution in [-0.2, 0) is 6.18 Å². The summed E-state index contributed by atoms with van der Waals surface area (Å²) in [5.41, 5.74) is 0.240. The Labute approximate surface area is 122 Å². The minimum absolute atomic E-state index is 0.129. The number of benzene rings is 1. The van der Waals surface area contributed by atoms with Gasteiger partial charge in [0.25, 0.3) is 0 Å². The first kappa shape index (κ1) is 15.5. The second-order valence-electron chi connectivity index (χ2n) is 6.28. The number of hydrogen-bond donors (Lipinski definition) is 1. The lowest BCUT2D eigenvalue weighted by molar-refractivity contribution is -0.137. The lowest BCUT2D eigenvalue weighted by Crippen LogP contribution is -2.29. The number of alkyl halides is 3. The van der Waals surface area contributed by atoms with Gasteiger partial charge in [-0.3, -0.25) is 0 Å². The Bertz CT molecular complexity index is 472. The zero-order valence-corrected chi connectivity index (χ0v) is 12.4. The minimum atomic E-state index is -4.35. The van der Waals surface area contributed by atoms with E-state index in [4.69, 9.17) is 11.6 Å². The van der Waals surface area contributed by atoms with Gasteiger partial charge in [-0.15, -0.1) is 0 Å². The van der Waals surface area contributed by atoms with Crippen molar-refractivity contribution in [2.45, 2.75) is 51.7 Å². The van der Waals surface area contributed by atoms with Crippen molar-refractivity contribution in [1.82, 2.24) is 0 Å². The third-order valence-electron chi connectivity index (χ3n) is 4.00. The van der Waals surface area contributed by atoms with E-state index in [1.54, 1.807) is 0 Å². The van der Waals surface area contributed by atoms with Gasteiger partial charge in [-0.05, 0) is 49.3 Å². The zero-order valence-electron chi connectivity index (χ0n) is 11.6. The maximum Gasteiger partial charge on any atom is 0.416 e. The molecule has 0 heterocycles. The van der Waals surface area contributed by atoms with Gasteiger partial charge in [0.15, 0.2) is 0 Å². The first-order valence-electron chi connectivity index (χ1n) is 6.81. The van der Waals surface area contributed by atoms with Gasteiger partial charge in [-0.1, -0.05) is 25.4 Å². The molecule has 0 bridgehead atoms. The van der Waals surface area contributed by atoms with E-state index < -0.39 is 11.7 Å². The Morgan fingerprint density at radius 1 is 1.20 bits per heavy atom. The quantitative estimate of drug-likeness (QED) is 0.734. The van der Waals surface area contributed by atoms with E-state index in [0.717, 1.165) is 37.8 Å². The van der Waals surface area contributed by atoms with Crippen LogP contribution in [0.3, 0.4) is 0 Å². The standard InChI is InChI=1S/C15H19ClF3N/c1-14(2)7-5-11(6-8-14)20-13-4-3-10(9-12(13)16)15(17,18)19/h3-4,9,11,20H,5-8H2,1-2H3. The average Bonchev–Trinajstić information content (AvgIpc) is 2.33. The van der Waals surface area contributed by atoms with Crippen molar-refractivity contribution in [3.8, 4) is 0 Å². The summed E-state index contributed by atoms with van der Waals surface area (Å²) in [7, 11) is 0. The molecule has 0 aliphatic heterocycles. The second kappa shape index (κ2) is 5.47. The molecule has 1 aliphatic carbocycles. The Kier molecular flexibility index (Phi) is 4.24. The maximum absolute atomic E-state index is 12.6. The van der Waals surface area contributed by atoms with Gasteiger partial charge in [0.1, 0.15) is 0 Å². The van der Waals surface area contributed by atoms with Crippen LogP contribution in [0.5, 0.6) is 0 Å². The van der Waals surface area contributed by atoms with Crippen molar-refractivity contribution in [3.05, 3.63) is 28.8 Å². The predicted molar refractivity (Wildman–Crippen MR) is 76.1 cm³/mol. The van der Waals surface area contributed by atoms with Crippen LogP contribution in [-0.4, -0.2) is 6.04 Å². The second-order valence-corrected chi connectivity index (χ2v) is 6.68. The maximum atomic E-state index is 12.6. The van der Waals surface area contributed by atoms with E-state index in [9.17, 15) is 13.2 Å². The zero-order chi connectivity index (χ0) is 15.0. The van der Waals surface area contributed by atoms with E-state index >= 15 is 0 Å². The average molecular weight is 306 g/mol. The molecule has 0 amide bonds. The molecule has 0 atom stereocenters. The highest BCUT2D eigenvalue weighted by atomic mass is 35.5. The van der Waals surface area contributed by atoms with Gasteiger partial charge >= 0.3 is 6.18 Å². The van der Waals surface area contributed by atoms with Crippen molar-refractivity contribution >= 4 is 17.3 Å². The van der Waals surface area contributed by atoms with Crippen molar-refractivity contribution in [3.63, 3.8) is 0 Å². The van der Waals surface area contributed by atoms with Gasteiger partial charge in [-0.2, -0.15) is 13.2 Å². The molecule has 1 N–H and O–H groups in total. The van der Waals surface area contributed by atoms with Gasteiger partial charge in [0, 0.05) is 6.04 Å². The highest BCUT2D eigenvalue weighted by Gasteiger charge is 2.31. The van der Waals surface area contributed by atoms with Crippen LogP contribution in [0.2, 0.25) is 5.02 Å². The molecule has 0 aromatic heterocycles. The summed E-state index contributed by atoms with van der Waals surface area (Å²) in [6, 6.07) is 3.76. The first-order valence-corrected chi connectivity index (χ1v) is 7.18. The monoisotopic (exact) mass is 305 g/mol. The highest BCUT2D eigenvalue weighted by Crippen LogP contribution is 2.38. The van der Waals surface area contributed by atoms with E-state index in [1.807, 2.05) is 0 Å². The van der Waals surface area contributed by atoms with Gasteiger partial charge in [0.05, 0.1) is 16.3 Å². The summed E-state index contributed by atoms with van der Waals surface area (Å²) < 4.78 is 37.7. The van der Waals surface area contributed by atoms with Crippen molar-refractivity contribution in [2.24, 2.45) is 5.41 Å². The number of halogens is 4. The lowest BCUT2D eigenvalue weighted by Gasteiger charge is -2.35. The SMILES string of the molecule is CC1(C)CCC(Nc2ccc(C(F)(F)F)cc2Cl)CC1. The molecular formula is C15H19ClF3N. The molecule has 0 radical (unpaired) electrons. The molecule has 1 aromatic rings. The van der Waals surface area contributed by atoms with Crippen LogP contribution >= 0.6 is 11.6 Å². The summed E-state index contributed by atoms with van der Waals surface area (Å²) in [5, 5.41) is 3.40. The smallest absolute Gasteiger partial charge is 0.381 e. The molecule has 1 aliphatic rings. The Morgan fingerprint density at radius 3 is 2.30 bits per heavy atom. The molecule has 0 saturated heterocycles. The van der Waals surface area contributed by atoms with Crippen molar-refractivity contribution in [1.29, 1.82) is 0 Å². The largest absolute Gasteiger partial charge is 0.416 e. The summed E-state index contributed by atoms with van der Waals surface area (Å²) in [4.78, 5) is 0. The molecule has 0 spiro atoms. The summed E-state index contributed by atoms with van der Waals surface area (Å²) in [6.07, 6.45) is -0.0857. The van der Waals surface area contributed by atoms with Crippen LogP contribution in [0.1, 0.15) is 45.1 Å². The fourth-order valence-electron chi connectivity index (χ4n) is 2.57. The molecule has 0 unspecified atom stereocenters. The van der Waals surface area contributed by atoms with Crippen LogP contribution < -0.4 is 5.32 Å². The fourth-order valence-corrected chi connectivity index (χ4v) is 2.81. The normalized spacial score (nSPS) is 19.9. The van der Waals surface area contributed by atoms with E-state index in [2.05, 4.69) is 19.2 Å². The Hall–Kier alpha value is -0.900. The van der Waals surface area contributed by atoms with Gasteiger partial charge in [0.2, 0.25) is 0 Å². The summed E-state index contributed by atoms with van der Waals surface area (Å²) >= 11 is 5.95. The highest BCUT2D eigenvalue weighted by molar-refractivity contribution is 6.33.